The van der Waals surface area contributed by atoms with Gasteiger partial charge in [0, 0.05) is 10.9 Å². The lowest BCUT2D eigenvalue weighted by Crippen LogP contribution is -2.24. The van der Waals surface area contributed by atoms with Crippen molar-refractivity contribution in [1.82, 2.24) is 30.1 Å². The molecule has 0 spiro atoms. The third kappa shape index (κ3) is 4.41. The van der Waals surface area contributed by atoms with Crippen molar-refractivity contribution in [2.45, 2.75) is 17.5 Å². The molecule has 0 aliphatic carbocycles. The first-order chi connectivity index (χ1) is 17.7. The Balaban J connectivity index is 1.27. The zero-order valence-corrected chi connectivity index (χ0v) is 19.6. The van der Waals surface area contributed by atoms with Gasteiger partial charge in [-0.3, -0.25) is 4.79 Å². The number of benzene rings is 3. The first-order valence-electron chi connectivity index (χ1n) is 11.1. The van der Waals surface area contributed by atoms with Crippen molar-refractivity contribution in [2.75, 3.05) is 0 Å². The second kappa shape index (κ2) is 9.59. The zero-order chi connectivity index (χ0) is 24.3. The molecule has 6 aromatic rings. The van der Waals surface area contributed by atoms with Crippen molar-refractivity contribution in [1.29, 1.82) is 0 Å². The maximum absolute atomic E-state index is 13.1. The molecule has 3 heterocycles. The highest BCUT2D eigenvalue weighted by molar-refractivity contribution is 7.98. The Morgan fingerprint density at radius 2 is 1.56 bits per heavy atom. The minimum atomic E-state index is -0.182. The standard InChI is InChI=1S/C26H18N6O3S/c33-25-20-14-8-7-13-19(20)22(30-32(25)15-17-9-3-1-4-10-17)24-28-29-26(34-24)36-16-21-27-23(31-35-21)18-11-5-2-6-12-18/h1-14H,15-16H2. The summed E-state index contributed by atoms with van der Waals surface area (Å²) in [7, 11) is 0. The highest BCUT2D eigenvalue weighted by Gasteiger charge is 2.18. The number of hydrogen-bond acceptors (Lipinski definition) is 9. The van der Waals surface area contributed by atoms with Crippen LogP contribution in [0.1, 0.15) is 11.5 Å². The van der Waals surface area contributed by atoms with Crippen molar-refractivity contribution >= 4 is 22.5 Å². The Morgan fingerprint density at radius 1 is 0.833 bits per heavy atom. The summed E-state index contributed by atoms with van der Waals surface area (Å²) in [4.78, 5) is 17.5. The molecule has 0 aliphatic rings. The Hall–Kier alpha value is -4.57. The molecule has 0 N–H and O–H groups in total. The number of hydrogen-bond donors (Lipinski definition) is 0. The first kappa shape index (κ1) is 21.9. The van der Waals surface area contributed by atoms with E-state index in [0.717, 1.165) is 11.1 Å². The predicted molar refractivity (Wildman–Crippen MR) is 134 cm³/mol. The van der Waals surface area contributed by atoms with Crippen LogP contribution in [0.15, 0.2) is 104 Å². The summed E-state index contributed by atoms with van der Waals surface area (Å²) in [6.45, 7) is 0.328. The fourth-order valence-corrected chi connectivity index (χ4v) is 4.36. The van der Waals surface area contributed by atoms with Crippen LogP contribution in [0.5, 0.6) is 0 Å². The number of rotatable bonds is 7. The summed E-state index contributed by atoms with van der Waals surface area (Å²) in [5.41, 5.74) is 2.10. The van der Waals surface area contributed by atoms with Crippen LogP contribution >= 0.6 is 11.8 Å². The molecule has 3 aromatic heterocycles. The van der Waals surface area contributed by atoms with E-state index in [-0.39, 0.29) is 11.4 Å². The van der Waals surface area contributed by atoms with Crippen molar-refractivity contribution in [3.05, 3.63) is 107 Å². The summed E-state index contributed by atoms with van der Waals surface area (Å²) in [5, 5.41) is 18.5. The van der Waals surface area contributed by atoms with Crippen LogP contribution in [0.25, 0.3) is 33.7 Å². The summed E-state index contributed by atoms with van der Waals surface area (Å²) < 4.78 is 12.7. The average Bonchev–Trinajstić information content (AvgIpc) is 3.60. The maximum Gasteiger partial charge on any atom is 0.277 e. The quantitative estimate of drug-likeness (QED) is 0.288. The molecule has 0 amide bonds. The van der Waals surface area contributed by atoms with Gasteiger partial charge in [0.25, 0.3) is 16.7 Å². The predicted octanol–water partition coefficient (Wildman–Crippen LogP) is 4.84. The van der Waals surface area contributed by atoms with Crippen LogP contribution in [0, 0.1) is 0 Å². The normalized spacial score (nSPS) is 11.2. The molecule has 0 saturated heterocycles. The molecule has 9 nitrogen and oxygen atoms in total. The average molecular weight is 495 g/mol. The highest BCUT2D eigenvalue weighted by atomic mass is 32.2. The van der Waals surface area contributed by atoms with Crippen molar-refractivity contribution in [2.24, 2.45) is 0 Å². The number of thioether (sulfide) groups is 1. The van der Waals surface area contributed by atoms with Gasteiger partial charge in [-0.2, -0.15) is 10.1 Å². The molecular formula is C26H18N6O3S. The lowest BCUT2D eigenvalue weighted by Gasteiger charge is -2.09. The smallest absolute Gasteiger partial charge is 0.277 e. The molecule has 0 radical (unpaired) electrons. The summed E-state index contributed by atoms with van der Waals surface area (Å²) in [5.74, 6) is 1.56. The van der Waals surface area contributed by atoms with Gasteiger partial charge in [-0.15, -0.1) is 10.2 Å². The second-order valence-electron chi connectivity index (χ2n) is 7.88. The third-order valence-corrected chi connectivity index (χ3v) is 6.27. The van der Waals surface area contributed by atoms with Gasteiger partial charge < -0.3 is 8.94 Å². The fraction of sp³-hybridized carbons (Fsp3) is 0.0769. The molecule has 6 rings (SSSR count). The Morgan fingerprint density at radius 3 is 2.36 bits per heavy atom. The SMILES string of the molecule is O=c1c2ccccc2c(-c2nnc(SCc3nc(-c4ccccc4)no3)o2)nn1Cc1ccccc1. The first-order valence-corrected chi connectivity index (χ1v) is 12.1. The minimum Gasteiger partial charge on any atom is -0.409 e. The van der Waals surface area contributed by atoms with E-state index in [9.17, 15) is 4.79 Å². The molecule has 3 aromatic carbocycles. The number of nitrogens with zero attached hydrogens (tertiary/aromatic N) is 6. The van der Waals surface area contributed by atoms with Crippen molar-refractivity contribution < 1.29 is 8.94 Å². The van der Waals surface area contributed by atoms with E-state index in [1.54, 1.807) is 6.07 Å². The molecule has 0 fully saturated rings. The summed E-state index contributed by atoms with van der Waals surface area (Å²) in [6, 6.07) is 26.6. The number of fused-ring (bicyclic) bond motifs is 1. The van der Waals surface area contributed by atoms with Gasteiger partial charge in [0.1, 0.15) is 0 Å². The van der Waals surface area contributed by atoms with E-state index in [1.807, 2.05) is 78.9 Å². The highest BCUT2D eigenvalue weighted by Crippen LogP contribution is 2.28. The van der Waals surface area contributed by atoms with E-state index in [0.29, 0.717) is 45.7 Å². The van der Waals surface area contributed by atoms with Gasteiger partial charge in [0.15, 0.2) is 5.69 Å². The van der Waals surface area contributed by atoms with Gasteiger partial charge in [-0.05, 0) is 11.6 Å². The Labute approximate surface area is 208 Å². The molecule has 0 unspecified atom stereocenters. The monoisotopic (exact) mass is 494 g/mol. The van der Waals surface area contributed by atoms with E-state index >= 15 is 0 Å². The molecule has 36 heavy (non-hydrogen) atoms. The van der Waals surface area contributed by atoms with Crippen LogP contribution < -0.4 is 5.56 Å². The fourth-order valence-electron chi connectivity index (χ4n) is 3.76. The Kier molecular flexibility index (Phi) is 5.84. The van der Waals surface area contributed by atoms with Gasteiger partial charge in [0.2, 0.25) is 11.7 Å². The summed E-state index contributed by atoms with van der Waals surface area (Å²) >= 11 is 1.28. The Bertz CT molecular complexity index is 1700. The van der Waals surface area contributed by atoms with Gasteiger partial charge in [-0.25, -0.2) is 4.68 Å². The molecular weight excluding hydrogens is 476 g/mol. The maximum atomic E-state index is 13.1. The van der Waals surface area contributed by atoms with Crippen LogP contribution in [-0.2, 0) is 12.3 Å². The van der Waals surface area contributed by atoms with Crippen LogP contribution in [0.3, 0.4) is 0 Å². The zero-order valence-electron chi connectivity index (χ0n) is 18.8. The molecule has 0 bridgehead atoms. The van der Waals surface area contributed by atoms with E-state index in [4.69, 9.17) is 8.94 Å². The molecule has 10 heteroatoms. The largest absolute Gasteiger partial charge is 0.409 e. The van der Waals surface area contributed by atoms with E-state index in [2.05, 4.69) is 25.4 Å². The lowest BCUT2D eigenvalue weighted by molar-refractivity contribution is 0.391. The van der Waals surface area contributed by atoms with E-state index < -0.39 is 0 Å². The topological polar surface area (TPSA) is 113 Å². The van der Waals surface area contributed by atoms with Crippen molar-refractivity contribution in [3.63, 3.8) is 0 Å². The van der Waals surface area contributed by atoms with Crippen LogP contribution in [0.2, 0.25) is 0 Å². The second-order valence-corrected chi connectivity index (χ2v) is 8.81. The molecule has 0 aliphatic heterocycles. The van der Waals surface area contributed by atoms with Crippen molar-refractivity contribution in [3.8, 4) is 23.0 Å². The third-order valence-electron chi connectivity index (χ3n) is 5.47. The van der Waals surface area contributed by atoms with E-state index in [1.165, 1.54) is 16.4 Å². The minimum absolute atomic E-state index is 0.182. The van der Waals surface area contributed by atoms with Gasteiger partial charge >= 0.3 is 0 Å². The molecule has 0 saturated carbocycles. The number of aromatic nitrogens is 6. The van der Waals surface area contributed by atoms with Crippen LogP contribution in [-0.4, -0.2) is 30.1 Å². The molecule has 176 valence electrons. The van der Waals surface area contributed by atoms with Crippen LogP contribution in [0.4, 0.5) is 0 Å². The molecule has 0 atom stereocenters. The van der Waals surface area contributed by atoms with Gasteiger partial charge in [-0.1, -0.05) is 95.8 Å². The van der Waals surface area contributed by atoms with Gasteiger partial charge in [0.05, 0.1) is 17.7 Å². The lowest BCUT2D eigenvalue weighted by atomic mass is 10.1. The summed E-state index contributed by atoms with van der Waals surface area (Å²) in [6.07, 6.45) is 0.